The predicted molar refractivity (Wildman–Crippen MR) is 135 cm³/mol. The van der Waals surface area contributed by atoms with Gasteiger partial charge in [-0.2, -0.15) is 13.2 Å². The average molecular weight is 546 g/mol. The molecular weight excluding hydrogens is 515 g/mol. The van der Waals surface area contributed by atoms with E-state index < -0.39 is 12.1 Å². The molecule has 1 saturated carbocycles. The zero-order valence-electron chi connectivity index (χ0n) is 21.3. The third-order valence-electron chi connectivity index (χ3n) is 7.53. The van der Waals surface area contributed by atoms with Gasteiger partial charge in [-0.15, -0.1) is 10.2 Å². The lowest BCUT2D eigenvalue weighted by atomic mass is 10.0. The van der Waals surface area contributed by atoms with Gasteiger partial charge in [0.15, 0.2) is 5.82 Å². The molecule has 1 atom stereocenters. The van der Waals surface area contributed by atoms with Crippen LogP contribution in [0.3, 0.4) is 0 Å². The summed E-state index contributed by atoms with van der Waals surface area (Å²) in [5, 5.41) is 21.3. The van der Waals surface area contributed by atoms with Crippen molar-refractivity contribution in [3.63, 3.8) is 0 Å². The van der Waals surface area contributed by atoms with Crippen molar-refractivity contribution >= 4 is 22.6 Å². The number of carbonyl (C=O) groups is 2. The van der Waals surface area contributed by atoms with E-state index in [1.165, 1.54) is 29.2 Å². The first-order chi connectivity index (χ1) is 18.6. The number of hydrogen-bond donors (Lipinski definition) is 2. The zero-order chi connectivity index (χ0) is 27.6. The molecule has 2 N–H and O–H groups in total. The molecule has 39 heavy (non-hydrogen) atoms. The predicted octanol–water partition coefficient (Wildman–Crippen LogP) is 3.91. The van der Waals surface area contributed by atoms with Crippen LogP contribution in [0, 0.1) is 0 Å². The van der Waals surface area contributed by atoms with Gasteiger partial charge < -0.3 is 19.7 Å². The minimum Gasteiger partial charge on any atom is -0.475 e. The van der Waals surface area contributed by atoms with Crippen molar-refractivity contribution in [3.8, 4) is 0 Å². The number of likely N-dealkylation sites (tertiary alicyclic amines) is 1. The number of ether oxygens (including phenoxy) is 1. The van der Waals surface area contributed by atoms with E-state index >= 15 is 0 Å². The lowest BCUT2D eigenvalue weighted by Crippen LogP contribution is -2.45. The lowest BCUT2D eigenvalue weighted by Gasteiger charge is -2.34. The fourth-order valence-corrected chi connectivity index (χ4v) is 5.55. The monoisotopic (exact) mass is 545 g/mol. The quantitative estimate of drug-likeness (QED) is 0.512. The molecule has 1 unspecified atom stereocenters. The molecule has 3 aliphatic rings. The Morgan fingerprint density at radius 3 is 2.51 bits per heavy atom. The summed E-state index contributed by atoms with van der Waals surface area (Å²) >= 11 is 0. The van der Waals surface area contributed by atoms with Crippen molar-refractivity contribution in [1.29, 1.82) is 0 Å². The van der Waals surface area contributed by atoms with Crippen LogP contribution in [0.15, 0.2) is 42.5 Å². The number of hydrogen-bond acceptors (Lipinski definition) is 6. The summed E-state index contributed by atoms with van der Waals surface area (Å²) in [5.41, 5.74) is 1.03. The number of nitrogens with one attached hydrogen (secondary N) is 1. The van der Waals surface area contributed by atoms with Crippen LogP contribution in [0.5, 0.6) is 0 Å². The first kappa shape index (κ1) is 27.1. The number of benzene rings is 2. The number of aliphatic carboxylic acids is 1. The number of carboxylic acid groups (broad SMARTS) is 1. The fourth-order valence-electron chi connectivity index (χ4n) is 5.55. The number of rotatable bonds is 4. The van der Waals surface area contributed by atoms with Crippen molar-refractivity contribution in [2.45, 2.75) is 69.6 Å². The van der Waals surface area contributed by atoms with E-state index in [4.69, 9.17) is 14.6 Å². The number of alkyl halides is 3. The van der Waals surface area contributed by atoms with Crippen LogP contribution in [-0.2, 0) is 29.2 Å². The van der Waals surface area contributed by atoms with Gasteiger partial charge in [-0.3, -0.25) is 9.69 Å². The number of carboxylic acids is 1. The zero-order valence-corrected chi connectivity index (χ0v) is 21.3. The van der Waals surface area contributed by atoms with Gasteiger partial charge in [0.05, 0.1) is 6.54 Å². The summed E-state index contributed by atoms with van der Waals surface area (Å²) in [6.45, 7) is 3.78. The highest BCUT2D eigenvalue weighted by atomic mass is 19.4. The second kappa shape index (κ2) is 10.9. The molecule has 3 heterocycles. The molecule has 2 aromatic carbocycles. The van der Waals surface area contributed by atoms with E-state index in [1.807, 2.05) is 4.57 Å². The molecule has 6 rings (SSSR count). The molecule has 1 aromatic heterocycles. The Hall–Kier alpha value is -3.51. The molecule has 208 valence electrons. The van der Waals surface area contributed by atoms with Crippen molar-refractivity contribution in [2.75, 3.05) is 13.1 Å². The number of amides is 1. The van der Waals surface area contributed by atoms with Crippen LogP contribution >= 0.6 is 0 Å². The van der Waals surface area contributed by atoms with Crippen LogP contribution in [0.4, 0.5) is 13.2 Å². The number of fused-ring (bicyclic) bond motifs is 2. The number of halogens is 3. The Kier molecular flexibility index (Phi) is 7.59. The molecule has 2 fully saturated rings. The first-order valence-electron chi connectivity index (χ1n) is 13.0. The van der Waals surface area contributed by atoms with Gasteiger partial charge in [0.25, 0.3) is 5.91 Å². The topological polar surface area (TPSA) is 110 Å². The van der Waals surface area contributed by atoms with Gasteiger partial charge in [0.2, 0.25) is 5.82 Å². The van der Waals surface area contributed by atoms with Crippen molar-refractivity contribution in [1.82, 2.24) is 25.0 Å². The number of aromatic nitrogens is 3. The second-order valence-electron chi connectivity index (χ2n) is 10.4. The summed E-state index contributed by atoms with van der Waals surface area (Å²) in [6.07, 6.45) is 0.356. The lowest BCUT2D eigenvalue weighted by molar-refractivity contribution is -0.192. The Labute approximate surface area is 222 Å². The summed E-state index contributed by atoms with van der Waals surface area (Å²) < 4.78 is 40.1. The maximum atomic E-state index is 12.9. The molecule has 1 spiro atoms. The maximum Gasteiger partial charge on any atom is 0.490 e. The van der Waals surface area contributed by atoms with Crippen LogP contribution in [-0.4, -0.2) is 67.6 Å². The van der Waals surface area contributed by atoms with E-state index in [0.29, 0.717) is 19.0 Å². The fraction of sp³-hybridized carbons (Fsp3) is 0.481. The van der Waals surface area contributed by atoms with Crippen LogP contribution in [0.2, 0.25) is 0 Å². The van der Waals surface area contributed by atoms with Gasteiger partial charge in [0, 0.05) is 25.7 Å². The maximum absolute atomic E-state index is 12.9. The van der Waals surface area contributed by atoms with Gasteiger partial charge in [-0.1, -0.05) is 49.2 Å². The van der Waals surface area contributed by atoms with E-state index in [2.05, 4.69) is 62.9 Å². The SMILES string of the molecule is O=C(NC1CCCC1)c1nnc2n1CC1(CCN(Cc3ccc4ccccc4c3)C1)OC2.O=C(O)C(F)(F)F. The molecule has 12 heteroatoms. The van der Waals surface area contributed by atoms with E-state index in [-0.39, 0.29) is 17.6 Å². The highest BCUT2D eigenvalue weighted by Crippen LogP contribution is 2.33. The molecule has 1 aliphatic carbocycles. The molecule has 1 amide bonds. The first-order valence-corrected chi connectivity index (χ1v) is 13.0. The molecule has 0 radical (unpaired) electrons. The van der Waals surface area contributed by atoms with E-state index in [0.717, 1.165) is 44.7 Å². The number of carbonyl (C=O) groups excluding carboxylic acids is 1. The van der Waals surface area contributed by atoms with Crippen molar-refractivity contribution in [3.05, 3.63) is 59.7 Å². The van der Waals surface area contributed by atoms with Gasteiger partial charge in [-0.25, -0.2) is 4.79 Å². The third-order valence-corrected chi connectivity index (χ3v) is 7.53. The largest absolute Gasteiger partial charge is 0.490 e. The Morgan fingerprint density at radius 1 is 1.08 bits per heavy atom. The summed E-state index contributed by atoms with van der Waals surface area (Å²) in [4.78, 5) is 24.2. The Balaban J connectivity index is 0.000000392. The molecule has 2 aliphatic heterocycles. The Morgan fingerprint density at radius 2 is 1.79 bits per heavy atom. The van der Waals surface area contributed by atoms with Crippen LogP contribution in [0.1, 0.15) is 54.1 Å². The third kappa shape index (κ3) is 6.22. The van der Waals surface area contributed by atoms with Gasteiger partial charge in [-0.05, 0) is 41.7 Å². The van der Waals surface area contributed by atoms with Crippen LogP contribution < -0.4 is 5.32 Å². The smallest absolute Gasteiger partial charge is 0.475 e. The highest BCUT2D eigenvalue weighted by Gasteiger charge is 2.44. The number of nitrogens with zero attached hydrogens (tertiary/aromatic N) is 4. The van der Waals surface area contributed by atoms with E-state index in [1.54, 1.807) is 0 Å². The minimum atomic E-state index is -5.08. The van der Waals surface area contributed by atoms with Crippen molar-refractivity contribution < 1.29 is 32.6 Å². The highest BCUT2D eigenvalue weighted by molar-refractivity contribution is 5.91. The second-order valence-corrected chi connectivity index (χ2v) is 10.4. The molecule has 1 saturated heterocycles. The van der Waals surface area contributed by atoms with E-state index in [9.17, 15) is 18.0 Å². The van der Waals surface area contributed by atoms with Gasteiger partial charge >= 0.3 is 12.1 Å². The summed E-state index contributed by atoms with van der Waals surface area (Å²) in [7, 11) is 0. The standard InChI is InChI=1S/C25H29N5O2.C2HF3O2/c31-24(26-21-7-3-4-8-21)23-28-27-22-15-32-25(17-30(22)23)11-12-29(16-25)14-18-9-10-19-5-1-2-6-20(19)13-18;3-2(4,5)1(6)7/h1-2,5-6,9-10,13,21H,3-4,7-8,11-12,14-17H2,(H,26,31);(H,6,7). The average Bonchev–Trinajstić information content (AvgIpc) is 3.65. The molecule has 0 bridgehead atoms. The molecular formula is C27H30F3N5O4. The minimum absolute atomic E-state index is 0.0984. The Bertz CT molecular complexity index is 1350. The van der Waals surface area contributed by atoms with Crippen molar-refractivity contribution in [2.24, 2.45) is 0 Å². The normalized spacial score (nSPS) is 21.5. The molecule has 3 aromatic rings. The van der Waals surface area contributed by atoms with Gasteiger partial charge in [0.1, 0.15) is 12.2 Å². The molecule has 9 nitrogen and oxygen atoms in total. The summed E-state index contributed by atoms with van der Waals surface area (Å²) in [6, 6.07) is 15.5. The summed E-state index contributed by atoms with van der Waals surface area (Å²) in [5.74, 6) is -1.67. The van der Waals surface area contributed by atoms with Crippen LogP contribution in [0.25, 0.3) is 10.8 Å².